The fraction of sp³-hybridized carbons (Fsp3) is 0.636. The molecule has 1 unspecified atom stereocenters. The molecule has 0 heterocycles. The van der Waals surface area contributed by atoms with E-state index in [1.54, 1.807) is 0 Å². The lowest BCUT2D eigenvalue weighted by atomic mass is 9.77. The number of hydrogen-bond donors (Lipinski definition) is 0. The second-order valence-electron chi connectivity index (χ2n) is 7.97. The van der Waals surface area contributed by atoms with Crippen molar-refractivity contribution < 1.29 is 13.2 Å². The molecule has 0 aromatic heterocycles. The first-order valence-electron chi connectivity index (χ1n) is 9.89. The number of benzene rings is 1. The van der Waals surface area contributed by atoms with Crippen molar-refractivity contribution in [2.75, 3.05) is 0 Å². The van der Waals surface area contributed by atoms with Crippen LogP contribution in [-0.4, -0.2) is 0 Å². The Hall–Kier alpha value is -1.25. The Labute approximate surface area is 149 Å². The van der Waals surface area contributed by atoms with E-state index >= 15 is 0 Å². The van der Waals surface area contributed by atoms with Crippen LogP contribution in [0.1, 0.15) is 82.6 Å². The molecule has 3 heteroatoms. The van der Waals surface area contributed by atoms with Crippen LogP contribution in [0, 0.1) is 29.3 Å². The molecule has 2 aliphatic rings. The van der Waals surface area contributed by atoms with Crippen molar-refractivity contribution in [3.05, 3.63) is 46.8 Å². The van der Waals surface area contributed by atoms with Crippen LogP contribution in [0.3, 0.4) is 0 Å². The van der Waals surface area contributed by atoms with Gasteiger partial charge >= 0.3 is 0 Å². The van der Waals surface area contributed by atoms with Crippen LogP contribution in [0.15, 0.2) is 23.8 Å². The largest absolute Gasteiger partial charge is 0.204 e. The first kappa shape index (κ1) is 18.5. The Morgan fingerprint density at radius 2 is 1.56 bits per heavy atom. The monoisotopic (exact) mass is 350 g/mol. The van der Waals surface area contributed by atoms with Crippen LogP contribution >= 0.6 is 0 Å². The highest BCUT2D eigenvalue weighted by Gasteiger charge is 2.22. The summed E-state index contributed by atoms with van der Waals surface area (Å²) in [4.78, 5) is 0. The van der Waals surface area contributed by atoms with E-state index in [1.807, 2.05) is 0 Å². The van der Waals surface area contributed by atoms with Crippen molar-refractivity contribution in [2.24, 2.45) is 11.8 Å². The molecule has 3 rings (SSSR count). The van der Waals surface area contributed by atoms with Gasteiger partial charge in [-0.1, -0.05) is 50.7 Å². The van der Waals surface area contributed by atoms with Crippen molar-refractivity contribution in [3.63, 3.8) is 0 Å². The van der Waals surface area contributed by atoms with Crippen molar-refractivity contribution in [3.8, 4) is 0 Å². The lowest BCUT2D eigenvalue weighted by Crippen LogP contribution is -2.14. The van der Waals surface area contributed by atoms with E-state index in [0.29, 0.717) is 5.56 Å². The van der Waals surface area contributed by atoms with Gasteiger partial charge in [-0.25, -0.2) is 13.2 Å². The fourth-order valence-corrected chi connectivity index (χ4v) is 4.55. The molecule has 1 saturated carbocycles. The van der Waals surface area contributed by atoms with E-state index in [2.05, 4.69) is 13.0 Å². The van der Waals surface area contributed by atoms with Crippen LogP contribution in [-0.2, 0) is 0 Å². The predicted octanol–water partition coefficient (Wildman–Crippen LogP) is 7.29. The molecular formula is C22H29F3. The quantitative estimate of drug-likeness (QED) is 0.386. The van der Waals surface area contributed by atoms with Crippen LogP contribution in [0.5, 0.6) is 0 Å². The highest BCUT2D eigenvalue weighted by Crippen LogP contribution is 2.37. The predicted molar refractivity (Wildman–Crippen MR) is 96.0 cm³/mol. The summed E-state index contributed by atoms with van der Waals surface area (Å²) in [6.07, 6.45) is 14.3. The van der Waals surface area contributed by atoms with Gasteiger partial charge < -0.3 is 0 Å². The lowest BCUT2D eigenvalue weighted by Gasteiger charge is -2.29. The second kappa shape index (κ2) is 8.42. The molecule has 0 radical (unpaired) electrons. The molecule has 0 N–H and O–H groups in total. The Morgan fingerprint density at radius 3 is 2.12 bits per heavy atom. The molecule has 1 aromatic carbocycles. The summed E-state index contributed by atoms with van der Waals surface area (Å²) in [6, 6.07) is 2.32. The number of halogens is 3. The van der Waals surface area contributed by atoms with E-state index in [4.69, 9.17) is 0 Å². The van der Waals surface area contributed by atoms with Crippen molar-refractivity contribution in [1.82, 2.24) is 0 Å². The lowest BCUT2D eigenvalue weighted by molar-refractivity contribution is 0.258. The molecule has 0 spiro atoms. The third-order valence-electron chi connectivity index (χ3n) is 6.40. The second-order valence-corrected chi connectivity index (χ2v) is 7.97. The van der Waals surface area contributed by atoms with Gasteiger partial charge in [0, 0.05) is 0 Å². The van der Waals surface area contributed by atoms with E-state index in [1.165, 1.54) is 50.5 Å². The molecule has 0 nitrogen and oxygen atoms in total. The Balaban J connectivity index is 1.49. The molecule has 2 aliphatic carbocycles. The van der Waals surface area contributed by atoms with Gasteiger partial charge in [-0.3, -0.25) is 0 Å². The molecule has 1 atom stereocenters. The zero-order valence-electron chi connectivity index (χ0n) is 15.2. The molecule has 138 valence electrons. The Kier molecular flexibility index (Phi) is 6.24. The Bertz CT molecular complexity index is 589. The Morgan fingerprint density at radius 1 is 0.920 bits per heavy atom. The summed E-state index contributed by atoms with van der Waals surface area (Å²) < 4.78 is 39.9. The van der Waals surface area contributed by atoms with Gasteiger partial charge in [-0.15, -0.1) is 0 Å². The molecule has 0 amide bonds. The highest BCUT2D eigenvalue weighted by atomic mass is 19.2. The standard InChI is InChI=1S/C22H29F3/c1-2-15-3-5-16(6-4-15)7-8-17-9-11-18(12-10-17)19-13-20(23)22(25)21(24)14-19/h9,13-16,18H,2-8,10-12H2,1H3. The smallest absolute Gasteiger partial charge is 0.194 e. The summed E-state index contributed by atoms with van der Waals surface area (Å²) in [5.41, 5.74) is 2.08. The van der Waals surface area contributed by atoms with E-state index in [0.717, 1.165) is 43.2 Å². The average molecular weight is 350 g/mol. The van der Waals surface area contributed by atoms with Crippen LogP contribution in [0.25, 0.3) is 0 Å². The van der Waals surface area contributed by atoms with Crippen LogP contribution in [0.2, 0.25) is 0 Å². The maximum Gasteiger partial charge on any atom is 0.194 e. The third kappa shape index (κ3) is 4.68. The zero-order valence-corrected chi connectivity index (χ0v) is 15.2. The minimum atomic E-state index is -1.37. The normalized spacial score (nSPS) is 27.2. The molecule has 0 bridgehead atoms. The van der Waals surface area contributed by atoms with Gasteiger partial charge in [0.15, 0.2) is 17.5 Å². The summed E-state index contributed by atoms with van der Waals surface area (Å²) in [5.74, 6) is -1.59. The molecule has 1 fully saturated rings. The van der Waals surface area contributed by atoms with Crippen molar-refractivity contribution in [2.45, 2.75) is 77.0 Å². The maximum atomic E-state index is 13.4. The number of rotatable bonds is 5. The average Bonchev–Trinajstić information content (AvgIpc) is 2.65. The molecule has 0 saturated heterocycles. The third-order valence-corrected chi connectivity index (χ3v) is 6.40. The molecule has 25 heavy (non-hydrogen) atoms. The minimum Gasteiger partial charge on any atom is -0.204 e. The van der Waals surface area contributed by atoms with Gasteiger partial charge in [0.1, 0.15) is 0 Å². The van der Waals surface area contributed by atoms with Gasteiger partial charge in [0.25, 0.3) is 0 Å². The summed E-state index contributed by atoms with van der Waals surface area (Å²) >= 11 is 0. The number of hydrogen-bond acceptors (Lipinski definition) is 0. The van der Waals surface area contributed by atoms with Crippen LogP contribution in [0.4, 0.5) is 13.2 Å². The van der Waals surface area contributed by atoms with Gasteiger partial charge in [0.2, 0.25) is 0 Å². The first-order valence-corrected chi connectivity index (χ1v) is 9.89. The summed E-state index contributed by atoms with van der Waals surface area (Å²) in [7, 11) is 0. The van der Waals surface area contributed by atoms with Crippen molar-refractivity contribution in [1.29, 1.82) is 0 Å². The summed E-state index contributed by atoms with van der Waals surface area (Å²) in [6.45, 7) is 2.30. The topological polar surface area (TPSA) is 0 Å². The maximum absolute atomic E-state index is 13.4. The molecule has 1 aromatic rings. The number of allylic oxidation sites excluding steroid dienone is 2. The minimum absolute atomic E-state index is 0.105. The van der Waals surface area contributed by atoms with E-state index < -0.39 is 17.5 Å². The van der Waals surface area contributed by atoms with Gasteiger partial charge in [-0.05, 0) is 67.6 Å². The van der Waals surface area contributed by atoms with Gasteiger partial charge in [-0.2, -0.15) is 0 Å². The molecular weight excluding hydrogens is 321 g/mol. The summed E-state index contributed by atoms with van der Waals surface area (Å²) in [5, 5.41) is 0. The SMILES string of the molecule is CCC1CCC(CCC2=CCC(c3cc(F)c(F)c(F)c3)CC2)CC1. The first-order chi connectivity index (χ1) is 12.1. The van der Waals surface area contributed by atoms with Crippen LogP contribution < -0.4 is 0 Å². The zero-order chi connectivity index (χ0) is 17.8. The van der Waals surface area contributed by atoms with E-state index in [-0.39, 0.29) is 5.92 Å². The van der Waals surface area contributed by atoms with Crippen molar-refractivity contribution >= 4 is 0 Å². The highest BCUT2D eigenvalue weighted by molar-refractivity contribution is 5.26. The molecule has 0 aliphatic heterocycles. The fourth-order valence-electron chi connectivity index (χ4n) is 4.55. The van der Waals surface area contributed by atoms with E-state index in [9.17, 15) is 13.2 Å². The van der Waals surface area contributed by atoms with Gasteiger partial charge in [0.05, 0.1) is 0 Å².